The van der Waals surface area contributed by atoms with Gasteiger partial charge in [0.1, 0.15) is 0 Å². The molecule has 3 atom stereocenters. The van der Waals surface area contributed by atoms with E-state index in [1.54, 1.807) is 36.2 Å². The van der Waals surface area contributed by atoms with Gasteiger partial charge in [0.2, 0.25) is 5.91 Å². The second-order valence-electron chi connectivity index (χ2n) is 7.02. The maximum atomic E-state index is 13.0. The minimum absolute atomic E-state index is 0.0858. The zero-order chi connectivity index (χ0) is 17.6. The average Bonchev–Trinajstić information content (AvgIpc) is 3.04. The predicted molar refractivity (Wildman–Crippen MR) is 92.1 cm³/mol. The van der Waals surface area contributed by atoms with Crippen LogP contribution < -0.4 is 10.9 Å². The summed E-state index contributed by atoms with van der Waals surface area (Å²) in [6.45, 7) is 0.696. The van der Waals surface area contributed by atoms with Crippen LogP contribution in [0.25, 0.3) is 10.8 Å². The molecule has 2 N–H and O–H groups in total. The molecule has 25 heavy (non-hydrogen) atoms. The lowest BCUT2D eigenvalue weighted by Crippen LogP contribution is -2.38. The van der Waals surface area contributed by atoms with Crippen LogP contribution in [0.4, 0.5) is 0 Å². The number of carbonyl (C=O) groups is 2. The van der Waals surface area contributed by atoms with Crippen LogP contribution in [-0.2, 0) is 4.79 Å². The maximum Gasteiger partial charge on any atom is 0.274 e. The van der Waals surface area contributed by atoms with Crippen molar-refractivity contribution in [1.82, 2.24) is 20.4 Å². The number of benzene rings is 1. The van der Waals surface area contributed by atoms with E-state index in [-0.39, 0.29) is 29.1 Å². The highest BCUT2D eigenvalue weighted by molar-refractivity contribution is 6.04. The van der Waals surface area contributed by atoms with Crippen molar-refractivity contribution in [2.75, 3.05) is 13.6 Å². The summed E-state index contributed by atoms with van der Waals surface area (Å²) < 4.78 is 0. The lowest BCUT2D eigenvalue weighted by atomic mass is 9.89. The minimum Gasteiger partial charge on any atom is -0.356 e. The largest absolute Gasteiger partial charge is 0.356 e. The maximum absolute atomic E-state index is 13.0. The van der Waals surface area contributed by atoms with Gasteiger partial charge in [0, 0.05) is 31.4 Å². The Labute approximate surface area is 144 Å². The molecule has 0 radical (unpaired) electrons. The molecule has 2 amide bonds. The molecule has 0 bridgehead atoms. The first-order valence-corrected chi connectivity index (χ1v) is 8.56. The molecule has 7 heteroatoms. The second kappa shape index (κ2) is 5.98. The van der Waals surface area contributed by atoms with Crippen LogP contribution in [0.15, 0.2) is 29.1 Å². The predicted octanol–water partition coefficient (Wildman–Crippen LogP) is 0.910. The number of piperidine rings is 1. The van der Waals surface area contributed by atoms with Crippen molar-refractivity contribution in [1.29, 1.82) is 0 Å². The summed E-state index contributed by atoms with van der Waals surface area (Å²) in [4.78, 5) is 38.2. The fourth-order valence-corrected chi connectivity index (χ4v) is 4.16. The molecule has 2 fully saturated rings. The molecule has 2 heterocycles. The number of amides is 2. The Kier molecular flexibility index (Phi) is 3.78. The summed E-state index contributed by atoms with van der Waals surface area (Å²) in [6.07, 6.45) is 2.26. The van der Waals surface area contributed by atoms with E-state index in [9.17, 15) is 14.4 Å². The van der Waals surface area contributed by atoms with Gasteiger partial charge in [0.15, 0.2) is 5.69 Å². The first-order chi connectivity index (χ1) is 12.0. The molecule has 1 aliphatic heterocycles. The van der Waals surface area contributed by atoms with Crippen LogP contribution in [-0.4, -0.2) is 46.5 Å². The van der Waals surface area contributed by atoms with Crippen molar-refractivity contribution >= 4 is 22.6 Å². The van der Waals surface area contributed by atoms with Gasteiger partial charge in [0.25, 0.3) is 11.5 Å². The first-order valence-electron chi connectivity index (χ1n) is 8.56. The Morgan fingerprint density at radius 1 is 1.16 bits per heavy atom. The summed E-state index contributed by atoms with van der Waals surface area (Å²) in [5, 5.41) is 10.4. The number of rotatable bonds is 2. The summed E-state index contributed by atoms with van der Waals surface area (Å²) in [7, 11) is 1.78. The van der Waals surface area contributed by atoms with Gasteiger partial charge in [-0.3, -0.25) is 14.4 Å². The highest BCUT2D eigenvalue weighted by Gasteiger charge is 2.41. The van der Waals surface area contributed by atoms with Crippen LogP contribution in [0.2, 0.25) is 0 Å². The number of carbonyl (C=O) groups excluding carboxylic acids is 2. The summed E-state index contributed by atoms with van der Waals surface area (Å²) in [5.41, 5.74) is -0.0342. The fourth-order valence-electron chi connectivity index (χ4n) is 4.16. The van der Waals surface area contributed by atoms with E-state index >= 15 is 0 Å². The third-order valence-corrected chi connectivity index (χ3v) is 5.59. The minimum atomic E-state index is -0.300. The average molecular weight is 340 g/mol. The number of fused-ring (bicyclic) bond motifs is 2. The molecule has 7 nitrogen and oxygen atoms in total. The normalized spacial score (nSPS) is 25.5. The molecular formula is C18H20N4O3. The van der Waals surface area contributed by atoms with Crippen molar-refractivity contribution in [3.05, 3.63) is 40.3 Å². The molecule has 1 aromatic carbocycles. The Balaban J connectivity index is 1.60. The SMILES string of the molecule is CN(C(=O)c1n[nH]c(=O)c2ccccc12)[C@H]1C[C@H]2CNC(=O)C[C@H]2C1. The van der Waals surface area contributed by atoms with Crippen LogP contribution in [0.3, 0.4) is 0 Å². The number of nitrogens with zero attached hydrogens (tertiary/aromatic N) is 2. The topological polar surface area (TPSA) is 95.2 Å². The summed E-state index contributed by atoms with van der Waals surface area (Å²) in [5.74, 6) is 0.673. The van der Waals surface area contributed by atoms with Crippen LogP contribution in [0.1, 0.15) is 29.8 Å². The summed E-state index contributed by atoms with van der Waals surface area (Å²) in [6, 6.07) is 7.08. The van der Waals surface area contributed by atoms with Crippen molar-refractivity contribution in [2.24, 2.45) is 11.8 Å². The lowest BCUT2D eigenvalue weighted by molar-refractivity contribution is -0.124. The van der Waals surface area contributed by atoms with Crippen molar-refractivity contribution < 1.29 is 9.59 Å². The number of hydrogen-bond donors (Lipinski definition) is 2. The third-order valence-electron chi connectivity index (χ3n) is 5.59. The zero-order valence-electron chi connectivity index (χ0n) is 14.0. The molecule has 1 saturated heterocycles. The van der Waals surface area contributed by atoms with Crippen LogP contribution in [0, 0.1) is 11.8 Å². The standard InChI is InChI=1S/C18H20N4O3/c1-22(12-6-10-8-15(23)19-9-11(10)7-12)18(25)16-13-4-2-3-5-14(13)17(24)21-20-16/h2-5,10-12H,6-9H2,1H3,(H,19,23)(H,21,24)/t10-,11+,12-/m1/s1. The van der Waals surface area contributed by atoms with E-state index in [4.69, 9.17) is 0 Å². The lowest BCUT2D eigenvalue weighted by Gasteiger charge is -2.24. The Morgan fingerprint density at radius 2 is 1.88 bits per heavy atom. The van der Waals surface area contributed by atoms with E-state index in [1.807, 2.05) is 0 Å². The highest BCUT2D eigenvalue weighted by Crippen LogP contribution is 2.38. The summed E-state index contributed by atoms with van der Waals surface area (Å²) >= 11 is 0. The fraction of sp³-hybridized carbons (Fsp3) is 0.444. The van der Waals surface area contributed by atoms with Crippen molar-refractivity contribution in [3.63, 3.8) is 0 Å². The molecule has 2 aliphatic rings. The van der Waals surface area contributed by atoms with Gasteiger partial charge in [-0.15, -0.1) is 0 Å². The number of H-pyrrole nitrogens is 1. The number of nitrogens with one attached hydrogen (secondary N) is 2. The second-order valence-corrected chi connectivity index (χ2v) is 7.02. The quantitative estimate of drug-likeness (QED) is 0.849. The van der Waals surface area contributed by atoms with Gasteiger partial charge in [-0.25, -0.2) is 5.10 Å². The molecule has 1 saturated carbocycles. The third kappa shape index (κ3) is 2.69. The van der Waals surface area contributed by atoms with Gasteiger partial charge < -0.3 is 10.2 Å². The van der Waals surface area contributed by atoms with E-state index < -0.39 is 0 Å². The molecule has 130 valence electrons. The molecule has 0 unspecified atom stereocenters. The molecule has 1 aliphatic carbocycles. The molecular weight excluding hydrogens is 320 g/mol. The number of aromatic amines is 1. The van der Waals surface area contributed by atoms with Gasteiger partial charge in [0.05, 0.1) is 5.39 Å². The molecule has 2 aromatic rings. The number of hydrogen-bond acceptors (Lipinski definition) is 4. The molecule has 0 spiro atoms. The Hall–Kier alpha value is -2.70. The molecule has 4 rings (SSSR count). The van der Waals surface area contributed by atoms with Gasteiger partial charge in [-0.1, -0.05) is 18.2 Å². The monoisotopic (exact) mass is 340 g/mol. The van der Waals surface area contributed by atoms with E-state index in [2.05, 4.69) is 15.5 Å². The smallest absolute Gasteiger partial charge is 0.274 e. The molecule has 1 aromatic heterocycles. The van der Waals surface area contributed by atoms with Crippen molar-refractivity contribution in [3.8, 4) is 0 Å². The van der Waals surface area contributed by atoms with Crippen LogP contribution in [0.5, 0.6) is 0 Å². The Morgan fingerprint density at radius 3 is 2.68 bits per heavy atom. The van der Waals surface area contributed by atoms with E-state index in [1.165, 1.54) is 0 Å². The number of aromatic nitrogens is 2. The van der Waals surface area contributed by atoms with Crippen molar-refractivity contribution in [2.45, 2.75) is 25.3 Å². The zero-order valence-corrected chi connectivity index (χ0v) is 14.0. The van der Waals surface area contributed by atoms with Gasteiger partial charge >= 0.3 is 0 Å². The Bertz CT molecular complexity index is 907. The van der Waals surface area contributed by atoms with Crippen LogP contribution >= 0.6 is 0 Å². The highest BCUT2D eigenvalue weighted by atomic mass is 16.2. The van der Waals surface area contributed by atoms with Gasteiger partial charge in [-0.05, 0) is 30.7 Å². The van der Waals surface area contributed by atoms with E-state index in [0.29, 0.717) is 35.6 Å². The van der Waals surface area contributed by atoms with Gasteiger partial charge in [-0.2, -0.15) is 5.10 Å². The van der Waals surface area contributed by atoms with E-state index in [0.717, 1.165) is 12.8 Å². The first kappa shape index (κ1) is 15.8.